The summed E-state index contributed by atoms with van der Waals surface area (Å²) in [6.07, 6.45) is 1.32. The highest BCUT2D eigenvalue weighted by atomic mass is 16.6. The zero-order chi connectivity index (χ0) is 14.9. The molecule has 1 aliphatic heterocycles. The molecular formula is C10H12N6O4. The predicted molar refractivity (Wildman–Crippen MR) is 67.7 cm³/mol. The lowest BCUT2D eigenvalue weighted by Crippen LogP contribution is -2.58. The van der Waals surface area contributed by atoms with Gasteiger partial charge in [-0.15, -0.1) is 0 Å². The van der Waals surface area contributed by atoms with E-state index in [1.54, 1.807) is 6.92 Å². The van der Waals surface area contributed by atoms with Crippen molar-refractivity contribution in [3.8, 4) is 0 Å². The van der Waals surface area contributed by atoms with E-state index in [1.165, 1.54) is 4.90 Å². The molecule has 0 saturated carbocycles. The van der Waals surface area contributed by atoms with Gasteiger partial charge in [0.2, 0.25) is 23.6 Å². The molecule has 1 aromatic heterocycles. The van der Waals surface area contributed by atoms with Gasteiger partial charge >= 0.3 is 5.69 Å². The largest absolute Gasteiger partial charge is 0.368 e. The van der Waals surface area contributed by atoms with Gasteiger partial charge in [0.05, 0.1) is 11.5 Å². The average molecular weight is 280 g/mol. The van der Waals surface area contributed by atoms with Gasteiger partial charge in [0, 0.05) is 0 Å². The van der Waals surface area contributed by atoms with Gasteiger partial charge in [0.1, 0.15) is 12.2 Å². The van der Waals surface area contributed by atoms with E-state index in [0.29, 0.717) is 6.42 Å². The van der Waals surface area contributed by atoms with Gasteiger partial charge in [-0.3, -0.25) is 25.0 Å². The molecule has 1 aromatic rings. The van der Waals surface area contributed by atoms with E-state index < -0.39 is 28.5 Å². The quantitative estimate of drug-likeness (QED) is 0.416. The number of carbonyl (C=O) groups excluding carboxylic acids is 2. The number of hydrogen-bond donors (Lipinski definition) is 2. The van der Waals surface area contributed by atoms with Crippen molar-refractivity contribution in [1.29, 1.82) is 0 Å². The number of amides is 2. The van der Waals surface area contributed by atoms with Crippen LogP contribution in [0.2, 0.25) is 0 Å². The topological polar surface area (TPSA) is 144 Å². The molecule has 106 valence electrons. The molecular weight excluding hydrogens is 268 g/mol. The van der Waals surface area contributed by atoms with E-state index in [-0.39, 0.29) is 18.3 Å². The molecule has 0 bridgehead atoms. The number of nitrogens with one attached hydrogen (secondary N) is 1. The van der Waals surface area contributed by atoms with E-state index >= 15 is 0 Å². The number of hydrogen-bond acceptors (Lipinski definition) is 8. The molecule has 0 radical (unpaired) electrons. The third kappa shape index (κ3) is 2.35. The molecule has 1 fully saturated rings. The molecule has 1 atom stereocenters. The Kier molecular flexibility index (Phi) is 3.46. The van der Waals surface area contributed by atoms with Crippen molar-refractivity contribution >= 4 is 29.3 Å². The maximum Gasteiger partial charge on any atom is 0.329 e. The molecule has 2 heterocycles. The molecule has 0 spiro atoms. The Morgan fingerprint density at radius 3 is 2.90 bits per heavy atom. The standard InChI is InChI=1S/C10H12N6O4/c1-2-5-9(18)13-7(17)4-15(5)8-6(16(19)20)3-12-10(11)14-8/h3,5H,2,4H2,1H3,(H2,11,12,14)(H,13,17,18). The first kappa shape index (κ1) is 13.6. The number of piperazine rings is 1. The van der Waals surface area contributed by atoms with Crippen LogP contribution in [-0.2, 0) is 9.59 Å². The minimum atomic E-state index is -0.722. The number of nitrogen functional groups attached to an aromatic ring is 1. The molecule has 1 aliphatic rings. The molecule has 2 rings (SSSR count). The van der Waals surface area contributed by atoms with Crippen LogP contribution in [0.25, 0.3) is 0 Å². The number of nitrogens with zero attached hydrogens (tertiary/aromatic N) is 4. The number of rotatable bonds is 3. The number of imide groups is 1. The Morgan fingerprint density at radius 1 is 1.60 bits per heavy atom. The van der Waals surface area contributed by atoms with Crippen molar-refractivity contribution < 1.29 is 14.5 Å². The first-order valence-corrected chi connectivity index (χ1v) is 5.81. The molecule has 1 saturated heterocycles. The maximum absolute atomic E-state index is 11.8. The van der Waals surface area contributed by atoms with Crippen LogP contribution < -0.4 is 16.0 Å². The lowest BCUT2D eigenvalue weighted by Gasteiger charge is -2.33. The maximum atomic E-state index is 11.8. The van der Waals surface area contributed by atoms with Crippen LogP contribution in [0.4, 0.5) is 17.5 Å². The Balaban J connectivity index is 2.52. The minimum Gasteiger partial charge on any atom is -0.368 e. The summed E-state index contributed by atoms with van der Waals surface area (Å²) in [7, 11) is 0. The van der Waals surface area contributed by atoms with Gasteiger partial charge in [-0.05, 0) is 6.42 Å². The lowest BCUT2D eigenvalue weighted by atomic mass is 10.1. The SMILES string of the molecule is CCC1C(=O)NC(=O)CN1c1nc(N)ncc1[N+](=O)[O-]. The second-order valence-corrected chi connectivity index (χ2v) is 4.16. The Bertz CT molecular complexity index is 589. The lowest BCUT2D eigenvalue weighted by molar-refractivity contribution is -0.384. The highest BCUT2D eigenvalue weighted by Gasteiger charge is 2.37. The van der Waals surface area contributed by atoms with E-state index in [0.717, 1.165) is 6.20 Å². The van der Waals surface area contributed by atoms with E-state index in [2.05, 4.69) is 15.3 Å². The van der Waals surface area contributed by atoms with E-state index in [1.807, 2.05) is 0 Å². The molecule has 2 amide bonds. The van der Waals surface area contributed by atoms with Gasteiger partial charge in [0.25, 0.3) is 0 Å². The van der Waals surface area contributed by atoms with Crippen LogP contribution in [0.15, 0.2) is 6.20 Å². The average Bonchev–Trinajstić information content (AvgIpc) is 2.37. The summed E-state index contributed by atoms with van der Waals surface area (Å²) in [5, 5.41) is 13.2. The first-order chi connectivity index (χ1) is 9.43. The Hall–Kier alpha value is -2.78. The fourth-order valence-electron chi connectivity index (χ4n) is 2.01. The smallest absolute Gasteiger partial charge is 0.329 e. The number of nitro groups is 1. The van der Waals surface area contributed by atoms with Gasteiger partial charge in [-0.2, -0.15) is 4.98 Å². The highest BCUT2D eigenvalue weighted by molar-refractivity contribution is 6.04. The third-order valence-electron chi connectivity index (χ3n) is 2.88. The predicted octanol–water partition coefficient (Wildman–Crippen LogP) is -0.792. The second kappa shape index (κ2) is 5.07. The number of carbonyl (C=O) groups is 2. The molecule has 0 aliphatic carbocycles. The monoisotopic (exact) mass is 280 g/mol. The van der Waals surface area contributed by atoms with E-state index in [9.17, 15) is 19.7 Å². The number of nitrogens with two attached hydrogens (primary N) is 1. The number of aromatic nitrogens is 2. The number of anilines is 2. The van der Waals surface area contributed by atoms with Crippen LogP contribution in [0, 0.1) is 10.1 Å². The second-order valence-electron chi connectivity index (χ2n) is 4.16. The van der Waals surface area contributed by atoms with Crippen LogP contribution in [0.5, 0.6) is 0 Å². The normalized spacial score (nSPS) is 18.9. The summed E-state index contributed by atoms with van der Waals surface area (Å²) in [6, 6.07) is -0.722. The van der Waals surface area contributed by atoms with Crippen molar-refractivity contribution in [2.75, 3.05) is 17.2 Å². The summed E-state index contributed by atoms with van der Waals surface area (Å²) in [5.74, 6) is -1.36. The van der Waals surface area contributed by atoms with Gasteiger partial charge in [-0.25, -0.2) is 4.98 Å². The third-order valence-corrected chi connectivity index (χ3v) is 2.88. The summed E-state index contributed by atoms with van der Waals surface area (Å²) in [6.45, 7) is 1.52. The zero-order valence-electron chi connectivity index (χ0n) is 10.6. The van der Waals surface area contributed by atoms with Crippen LogP contribution in [0.3, 0.4) is 0 Å². The van der Waals surface area contributed by atoms with Crippen molar-refractivity contribution in [1.82, 2.24) is 15.3 Å². The summed E-state index contributed by atoms with van der Waals surface area (Å²) < 4.78 is 0. The van der Waals surface area contributed by atoms with Crippen molar-refractivity contribution in [2.45, 2.75) is 19.4 Å². The molecule has 10 heteroatoms. The Labute approximate surface area is 113 Å². The van der Waals surface area contributed by atoms with Gasteiger partial charge < -0.3 is 10.6 Å². The summed E-state index contributed by atoms with van der Waals surface area (Å²) in [5.41, 5.74) is 5.03. The van der Waals surface area contributed by atoms with E-state index in [4.69, 9.17) is 5.73 Å². The van der Waals surface area contributed by atoms with Crippen LogP contribution >= 0.6 is 0 Å². The van der Waals surface area contributed by atoms with Gasteiger partial charge in [0.15, 0.2) is 0 Å². The van der Waals surface area contributed by atoms with Gasteiger partial charge in [-0.1, -0.05) is 6.92 Å². The van der Waals surface area contributed by atoms with Crippen LogP contribution in [-0.4, -0.2) is 39.3 Å². The molecule has 10 nitrogen and oxygen atoms in total. The highest BCUT2D eigenvalue weighted by Crippen LogP contribution is 2.28. The molecule has 3 N–H and O–H groups in total. The first-order valence-electron chi connectivity index (χ1n) is 5.81. The molecule has 20 heavy (non-hydrogen) atoms. The van der Waals surface area contributed by atoms with Crippen molar-refractivity contribution in [3.63, 3.8) is 0 Å². The zero-order valence-corrected chi connectivity index (χ0v) is 10.6. The van der Waals surface area contributed by atoms with Crippen molar-refractivity contribution in [2.24, 2.45) is 0 Å². The summed E-state index contributed by atoms with van der Waals surface area (Å²) >= 11 is 0. The minimum absolute atomic E-state index is 0.127. The fraction of sp³-hybridized carbons (Fsp3) is 0.400. The fourth-order valence-corrected chi connectivity index (χ4v) is 2.01. The molecule has 0 aromatic carbocycles. The Morgan fingerprint density at radius 2 is 2.30 bits per heavy atom. The molecule has 1 unspecified atom stereocenters. The van der Waals surface area contributed by atoms with Crippen LogP contribution in [0.1, 0.15) is 13.3 Å². The van der Waals surface area contributed by atoms with Crippen molar-refractivity contribution in [3.05, 3.63) is 16.3 Å². The summed E-state index contributed by atoms with van der Waals surface area (Å²) in [4.78, 5) is 42.2.